The summed E-state index contributed by atoms with van der Waals surface area (Å²) in [6.07, 6.45) is 0.130. The molecule has 0 N–H and O–H groups in total. The quantitative estimate of drug-likeness (QED) is 0.457. The van der Waals surface area contributed by atoms with Crippen LogP contribution in [0.15, 0.2) is 36.7 Å². The predicted octanol–water partition coefficient (Wildman–Crippen LogP) is 3.44. The van der Waals surface area contributed by atoms with Crippen molar-refractivity contribution in [3.63, 3.8) is 0 Å². The maximum atomic E-state index is 14.0. The van der Waals surface area contributed by atoms with E-state index in [1.165, 1.54) is 44.8 Å². The number of carbonyl (C=O) groups is 3. The van der Waals surface area contributed by atoms with Gasteiger partial charge in [0.2, 0.25) is 0 Å². The molecule has 8 nitrogen and oxygen atoms in total. The first kappa shape index (κ1) is 24.5. The molecule has 0 spiro atoms. The fourth-order valence-corrected chi connectivity index (χ4v) is 4.57. The van der Waals surface area contributed by atoms with Crippen LogP contribution in [0, 0.1) is 12.7 Å². The van der Waals surface area contributed by atoms with Gasteiger partial charge in [0.15, 0.2) is 23.7 Å². The molecule has 0 radical (unpaired) electrons. The lowest BCUT2D eigenvalue weighted by Gasteiger charge is -2.39. The maximum Gasteiger partial charge on any atom is 0.303 e. The van der Waals surface area contributed by atoms with Gasteiger partial charge in [0, 0.05) is 38.3 Å². The third kappa shape index (κ3) is 6.44. The van der Waals surface area contributed by atoms with Crippen LogP contribution in [-0.2, 0) is 28.6 Å². The van der Waals surface area contributed by atoms with Crippen LogP contribution >= 0.6 is 11.8 Å². The molecule has 1 saturated heterocycles. The third-order valence-electron chi connectivity index (χ3n) is 4.78. The minimum Gasteiger partial charge on any atom is -0.474 e. The van der Waals surface area contributed by atoms with Crippen LogP contribution in [0.5, 0.6) is 5.75 Å². The Bertz CT molecular complexity index is 1050. The van der Waals surface area contributed by atoms with E-state index in [-0.39, 0.29) is 11.6 Å². The van der Waals surface area contributed by atoms with Crippen molar-refractivity contribution < 1.29 is 37.7 Å². The lowest BCUT2D eigenvalue weighted by atomic mass is 10.1. The summed E-state index contributed by atoms with van der Waals surface area (Å²) >= 11 is 1.24. The number of aromatic nitrogens is 1. The molecule has 0 unspecified atom stereocenters. The second-order valence-electron chi connectivity index (χ2n) is 7.49. The van der Waals surface area contributed by atoms with Crippen LogP contribution in [0.3, 0.4) is 0 Å². The summed E-state index contributed by atoms with van der Waals surface area (Å²) < 4.78 is 36.1. The van der Waals surface area contributed by atoms with Crippen molar-refractivity contribution in [1.29, 1.82) is 0 Å². The van der Waals surface area contributed by atoms with Gasteiger partial charge in [-0.1, -0.05) is 12.1 Å². The van der Waals surface area contributed by atoms with E-state index in [1.807, 2.05) is 0 Å². The lowest BCUT2D eigenvalue weighted by molar-refractivity contribution is -0.186. The fraction of sp³-hybridized carbons (Fsp3) is 0.391. The Morgan fingerprint density at radius 3 is 2.24 bits per heavy atom. The average Bonchev–Trinajstić information content (AvgIpc) is 2.73. The number of benzene rings is 1. The van der Waals surface area contributed by atoms with Crippen molar-refractivity contribution in [2.24, 2.45) is 0 Å². The molecular formula is C23H24FNO7S. The first-order valence-corrected chi connectivity index (χ1v) is 11.2. The largest absolute Gasteiger partial charge is 0.474 e. The molecule has 1 fully saturated rings. The molecule has 1 aromatic carbocycles. The van der Waals surface area contributed by atoms with Gasteiger partial charge >= 0.3 is 17.9 Å². The van der Waals surface area contributed by atoms with Crippen LogP contribution in [-0.4, -0.2) is 52.4 Å². The number of hydrogen-bond donors (Lipinski definition) is 0. The highest BCUT2D eigenvalue weighted by molar-refractivity contribution is 7.99. The van der Waals surface area contributed by atoms with Crippen LogP contribution in [0.25, 0.3) is 11.1 Å². The number of halogens is 1. The molecule has 1 aliphatic heterocycles. The lowest BCUT2D eigenvalue weighted by Crippen LogP contribution is -2.55. The number of esters is 3. The summed E-state index contributed by atoms with van der Waals surface area (Å²) in [6.45, 7) is 5.34. The molecule has 3 rings (SSSR count). The van der Waals surface area contributed by atoms with Crippen LogP contribution < -0.4 is 4.74 Å². The molecule has 0 bridgehead atoms. The Labute approximate surface area is 194 Å². The summed E-state index contributed by atoms with van der Waals surface area (Å²) in [5.74, 6) is -1.54. The Morgan fingerprint density at radius 2 is 1.61 bits per heavy atom. The van der Waals surface area contributed by atoms with Gasteiger partial charge in [0.05, 0.1) is 6.20 Å². The van der Waals surface area contributed by atoms with Gasteiger partial charge in [-0.25, -0.2) is 4.39 Å². The molecule has 2 aromatic rings. The summed E-state index contributed by atoms with van der Waals surface area (Å²) in [5, 5.41) is 0. The number of aryl methyl sites for hydroxylation is 1. The molecule has 33 heavy (non-hydrogen) atoms. The summed E-state index contributed by atoms with van der Waals surface area (Å²) in [6, 6.07) is 6.54. The summed E-state index contributed by atoms with van der Waals surface area (Å²) in [5.41, 5.74) is 1.000. The second-order valence-corrected chi connectivity index (χ2v) is 8.62. The maximum absolute atomic E-state index is 14.0. The highest BCUT2D eigenvalue weighted by Crippen LogP contribution is 2.35. The Hall–Kier alpha value is -3.14. The summed E-state index contributed by atoms with van der Waals surface area (Å²) in [7, 11) is 0. The van der Waals surface area contributed by atoms with Crippen LogP contribution in [0.2, 0.25) is 0 Å². The van der Waals surface area contributed by atoms with Crippen molar-refractivity contribution in [2.75, 3.05) is 5.75 Å². The molecule has 4 atom stereocenters. The topological polar surface area (TPSA) is 101 Å². The molecule has 0 amide bonds. The minimum absolute atomic E-state index is 0.246. The highest BCUT2D eigenvalue weighted by Gasteiger charge is 2.47. The number of ether oxygens (including phenoxy) is 4. The monoisotopic (exact) mass is 477 g/mol. The zero-order chi connectivity index (χ0) is 24.1. The van der Waals surface area contributed by atoms with Gasteiger partial charge in [-0.15, -0.1) is 11.8 Å². The van der Waals surface area contributed by atoms with E-state index >= 15 is 0 Å². The Morgan fingerprint density at radius 1 is 0.939 bits per heavy atom. The number of rotatable bonds is 6. The van der Waals surface area contributed by atoms with Gasteiger partial charge < -0.3 is 18.9 Å². The van der Waals surface area contributed by atoms with E-state index in [1.54, 1.807) is 31.3 Å². The van der Waals surface area contributed by atoms with Gasteiger partial charge in [-0.05, 0) is 30.2 Å². The molecule has 2 heterocycles. The Balaban J connectivity index is 1.87. The van der Waals surface area contributed by atoms with Gasteiger partial charge in [0.1, 0.15) is 11.6 Å². The minimum atomic E-state index is -1.05. The van der Waals surface area contributed by atoms with Crippen LogP contribution in [0.4, 0.5) is 4.39 Å². The number of pyridine rings is 1. The van der Waals surface area contributed by atoms with E-state index in [4.69, 9.17) is 18.9 Å². The van der Waals surface area contributed by atoms with Crippen molar-refractivity contribution >= 4 is 29.7 Å². The number of thioether (sulfide) groups is 1. The standard InChI is InChI=1S/C23H24FNO7S/c1-12-5-6-16(8-19(12)24)17-7-18(10-25-9-17)32-23-22(31-15(4)28)21(30-14(3)27)20(11-33-23)29-13(2)26/h5-10,20-23H,11H2,1-4H3/t20-,21+,22-,23-/m1/s1. The highest BCUT2D eigenvalue weighted by atomic mass is 32.2. The van der Waals surface area contributed by atoms with Crippen molar-refractivity contribution in [3.05, 3.63) is 48.0 Å². The average molecular weight is 478 g/mol. The first-order valence-electron chi connectivity index (χ1n) is 10.2. The zero-order valence-electron chi connectivity index (χ0n) is 18.6. The summed E-state index contributed by atoms with van der Waals surface area (Å²) in [4.78, 5) is 39.2. The SMILES string of the molecule is CC(=O)O[C@@H]1[C@@H](OC(C)=O)[C@H](OC(C)=O)CS[C@H]1Oc1cncc(-c2ccc(C)c(F)c2)c1. The molecule has 10 heteroatoms. The van der Waals surface area contributed by atoms with E-state index < -0.39 is 41.7 Å². The third-order valence-corrected chi connectivity index (χ3v) is 5.99. The molecular weight excluding hydrogens is 453 g/mol. The number of carbonyl (C=O) groups excluding carboxylic acids is 3. The molecule has 1 aliphatic rings. The van der Waals surface area contributed by atoms with Crippen LogP contribution in [0.1, 0.15) is 26.3 Å². The second kappa shape index (κ2) is 10.7. The van der Waals surface area contributed by atoms with Gasteiger partial charge in [-0.3, -0.25) is 19.4 Å². The van der Waals surface area contributed by atoms with E-state index in [0.29, 0.717) is 22.4 Å². The number of hydrogen-bond acceptors (Lipinski definition) is 9. The molecule has 176 valence electrons. The van der Waals surface area contributed by atoms with Crippen molar-refractivity contribution in [3.8, 4) is 16.9 Å². The Kier molecular flexibility index (Phi) is 7.91. The van der Waals surface area contributed by atoms with Crippen molar-refractivity contribution in [2.45, 2.75) is 51.4 Å². The fourth-order valence-electron chi connectivity index (χ4n) is 3.36. The normalized spacial score (nSPS) is 22.2. The van der Waals surface area contributed by atoms with Crippen molar-refractivity contribution in [1.82, 2.24) is 4.98 Å². The first-order chi connectivity index (χ1) is 15.6. The van der Waals surface area contributed by atoms with Gasteiger partial charge in [0.25, 0.3) is 0 Å². The zero-order valence-corrected chi connectivity index (χ0v) is 19.4. The van der Waals surface area contributed by atoms with Gasteiger partial charge in [-0.2, -0.15) is 0 Å². The van der Waals surface area contributed by atoms with E-state index in [0.717, 1.165) is 0 Å². The molecule has 0 saturated carbocycles. The smallest absolute Gasteiger partial charge is 0.303 e. The van der Waals surface area contributed by atoms with E-state index in [9.17, 15) is 18.8 Å². The predicted molar refractivity (Wildman–Crippen MR) is 118 cm³/mol. The molecule has 1 aromatic heterocycles. The number of nitrogens with zero attached hydrogens (tertiary/aromatic N) is 1. The molecule has 0 aliphatic carbocycles. The van der Waals surface area contributed by atoms with E-state index in [2.05, 4.69) is 4.98 Å².